The van der Waals surface area contributed by atoms with Crippen molar-refractivity contribution in [2.45, 2.75) is 39.5 Å². The fraction of sp³-hybridized carbons (Fsp3) is 0.929. The molecule has 0 aromatic heterocycles. The highest BCUT2D eigenvalue weighted by Gasteiger charge is 2.50. The summed E-state index contributed by atoms with van der Waals surface area (Å²) in [6.45, 7) is 4.33. The molecular weight excluding hydrogens is 278 g/mol. The van der Waals surface area contributed by atoms with Gasteiger partial charge >= 0.3 is 0 Å². The van der Waals surface area contributed by atoms with E-state index >= 15 is 0 Å². The second-order valence-electron chi connectivity index (χ2n) is 7.08. The molecule has 116 valence electrons. The molecule has 0 heterocycles. The van der Waals surface area contributed by atoms with Gasteiger partial charge in [-0.2, -0.15) is 8.42 Å². The molecule has 0 aliphatic heterocycles. The molecule has 6 heteroatoms. The van der Waals surface area contributed by atoms with Gasteiger partial charge < -0.3 is 4.90 Å². The number of carbonyl (C=O) groups is 1. The highest BCUT2D eigenvalue weighted by molar-refractivity contribution is 7.85. The van der Waals surface area contributed by atoms with Crippen LogP contribution in [0.3, 0.4) is 0 Å². The van der Waals surface area contributed by atoms with Gasteiger partial charge in [0.1, 0.15) is 0 Å². The topological polar surface area (TPSA) is 74.7 Å². The monoisotopic (exact) mass is 303 g/mol. The SMILES string of the molecule is CC1CC2CC(C)(C(=O)N(C)CCS(=O)(=O)O)CC2C1. The molecule has 5 nitrogen and oxygen atoms in total. The first-order valence-corrected chi connectivity index (χ1v) is 8.92. The van der Waals surface area contributed by atoms with E-state index in [2.05, 4.69) is 6.92 Å². The van der Waals surface area contributed by atoms with E-state index < -0.39 is 15.9 Å². The Morgan fingerprint density at radius 2 is 1.80 bits per heavy atom. The Morgan fingerprint density at radius 3 is 2.25 bits per heavy atom. The summed E-state index contributed by atoms with van der Waals surface area (Å²) in [5.74, 6) is 1.68. The van der Waals surface area contributed by atoms with Crippen molar-refractivity contribution in [2.75, 3.05) is 19.3 Å². The molecule has 0 aromatic carbocycles. The Bertz CT molecular complexity index is 473. The Balaban J connectivity index is 1.96. The van der Waals surface area contributed by atoms with Crippen LogP contribution in [-0.2, 0) is 14.9 Å². The van der Waals surface area contributed by atoms with E-state index in [1.807, 2.05) is 6.92 Å². The summed E-state index contributed by atoms with van der Waals surface area (Å²) in [7, 11) is -2.39. The van der Waals surface area contributed by atoms with Crippen LogP contribution in [0.15, 0.2) is 0 Å². The van der Waals surface area contributed by atoms with Crippen molar-refractivity contribution >= 4 is 16.0 Å². The smallest absolute Gasteiger partial charge is 0.266 e. The molecule has 2 rings (SSSR count). The average molecular weight is 303 g/mol. The molecule has 0 spiro atoms. The summed E-state index contributed by atoms with van der Waals surface area (Å²) >= 11 is 0. The number of fused-ring (bicyclic) bond motifs is 1. The molecule has 2 unspecified atom stereocenters. The van der Waals surface area contributed by atoms with E-state index in [9.17, 15) is 13.2 Å². The third kappa shape index (κ3) is 3.34. The van der Waals surface area contributed by atoms with Crippen molar-refractivity contribution in [3.63, 3.8) is 0 Å². The van der Waals surface area contributed by atoms with E-state index in [4.69, 9.17) is 4.55 Å². The summed E-state index contributed by atoms with van der Waals surface area (Å²) < 4.78 is 30.3. The maximum Gasteiger partial charge on any atom is 0.266 e. The second-order valence-corrected chi connectivity index (χ2v) is 8.65. The zero-order chi connectivity index (χ0) is 15.1. The minimum Gasteiger partial charge on any atom is -0.344 e. The fourth-order valence-electron chi connectivity index (χ4n) is 4.24. The second kappa shape index (κ2) is 5.30. The molecule has 2 aliphatic carbocycles. The summed E-state index contributed by atoms with van der Waals surface area (Å²) in [6.07, 6.45) is 4.25. The average Bonchev–Trinajstić information content (AvgIpc) is 2.77. The number of hydrogen-bond acceptors (Lipinski definition) is 3. The number of amides is 1. The molecule has 1 amide bonds. The van der Waals surface area contributed by atoms with Crippen LogP contribution in [0.1, 0.15) is 39.5 Å². The van der Waals surface area contributed by atoms with Gasteiger partial charge in [0, 0.05) is 19.0 Å². The summed E-state index contributed by atoms with van der Waals surface area (Å²) in [4.78, 5) is 14.0. The minimum atomic E-state index is -4.01. The van der Waals surface area contributed by atoms with Gasteiger partial charge in [-0.3, -0.25) is 9.35 Å². The fourth-order valence-corrected chi connectivity index (χ4v) is 4.75. The third-order valence-corrected chi connectivity index (χ3v) is 5.75. The van der Waals surface area contributed by atoms with E-state index in [0.29, 0.717) is 11.8 Å². The molecule has 0 bridgehead atoms. The molecule has 0 aromatic rings. The highest BCUT2D eigenvalue weighted by atomic mass is 32.2. The Labute approximate surface area is 121 Å². The van der Waals surface area contributed by atoms with Crippen LogP contribution in [0.4, 0.5) is 0 Å². The van der Waals surface area contributed by atoms with Gasteiger partial charge in [-0.05, 0) is 43.4 Å². The van der Waals surface area contributed by atoms with Gasteiger partial charge in [0.05, 0.1) is 5.75 Å². The van der Waals surface area contributed by atoms with Crippen LogP contribution < -0.4 is 0 Å². The predicted octanol–water partition coefficient (Wildman–Crippen LogP) is 1.79. The third-order valence-electron chi connectivity index (χ3n) is 5.05. The van der Waals surface area contributed by atoms with Crippen molar-refractivity contribution in [1.82, 2.24) is 4.90 Å². The first-order chi connectivity index (χ1) is 9.11. The van der Waals surface area contributed by atoms with Gasteiger partial charge in [0.25, 0.3) is 10.1 Å². The summed E-state index contributed by atoms with van der Waals surface area (Å²) in [5.41, 5.74) is -0.358. The number of nitrogens with zero attached hydrogens (tertiary/aromatic N) is 1. The van der Waals surface area contributed by atoms with Gasteiger partial charge in [0.15, 0.2) is 0 Å². The van der Waals surface area contributed by atoms with Gasteiger partial charge in [-0.1, -0.05) is 13.8 Å². The largest absolute Gasteiger partial charge is 0.344 e. The van der Waals surface area contributed by atoms with Crippen LogP contribution in [0.25, 0.3) is 0 Å². The maximum absolute atomic E-state index is 12.5. The molecule has 2 aliphatic rings. The van der Waals surface area contributed by atoms with Gasteiger partial charge in [-0.15, -0.1) is 0 Å². The number of rotatable bonds is 4. The van der Waals surface area contributed by atoms with Crippen molar-refractivity contribution in [3.8, 4) is 0 Å². The zero-order valence-corrected chi connectivity index (χ0v) is 13.3. The standard InChI is InChI=1S/C14H25NO4S/c1-10-6-11-8-14(2,9-12(11)7-10)13(16)15(3)4-5-20(17,18)19/h10-12H,4-9H2,1-3H3,(H,17,18,19). The van der Waals surface area contributed by atoms with Gasteiger partial charge in [0.2, 0.25) is 5.91 Å². The Hall–Kier alpha value is -0.620. The minimum absolute atomic E-state index is 0.0169. The van der Waals surface area contributed by atoms with Crippen LogP contribution in [-0.4, -0.2) is 43.1 Å². The lowest BCUT2D eigenvalue weighted by molar-refractivity contribution is -0.139. The number of carbonyl (C=O) groups excluding carboxylic acids is 1. The van der Waals surface area contributed by atoms with Crippen LogP contribution in [0.2, 0.25) is 0 Å². The van der Waals surface area contributed by atoms with Gasteiger partial charge in [-0.25, -0.2) is 0 Å². The normalized spacial score (nSPS) is 36.9. The van der Waals surface area contributed by atoms with Crippen LogP contribution in [0.5, 0.6) is 0 Å². The molecule has 0 radical (unpaired) electrons. The molecule has 2 saturated carbocycles. The molecule has 20 heavy (non-hydrogen) atoms. The van der Waals surface area contributed by atoms with Crippen molar-refractivity contribution < 1.29 is 17.8 Å². The zero-order valence-electron chi connectivity index (χ0n) is 12.5. The Kier molecular flexibility index (Phi) is 4.17. The quantitative estimate of drug-likeness (QED) is 0.804. The molecular formula is C14H25NO4S. The molecule has 2 atom stereocenters. The lowest BCUT2D eigenvalue weighted by Gasteiger charge is -2.30. The lowest BCUT2D eigenvalue weighted by Crippen LogP contribution is -2.41. The highest BCUT2D eigenvalue weighted by Crippen LogP contribution is 2.54. The maximum atomic E-state index is 12.5. The number of hydrogen-bond donors (Lipinski definition) is 1. The lowest BCUT2D eigenvalue weighted by atomic mass is 9.83. The van der Waals surface area contributed by atoms with E-state index in [-0.39, 0.29) is 17.9 Å². The van der Waals surface area contributed by atoms with E-state index in [1.165, 1.54) is 17.7 Å². The van der Waals surface area contributed by atoms with E-state index in [0.717, 1.165) is 18.8 Å². The summed E-state index contributed by atoms with van der Waals surface area (Å²) in [5, 5.41) is 0. The van der Waals surface area contributed by atoms with Crippen molar-refractivity contribution in [2.24, 2.45) is 23.2 Å². The van der Waals surface area contributed by atoms with Crippen LogP contribution in [0, 0.1) is 23.2 Å². The first-order valence-electron chi connectivity index (χ1n) is 7.31. The van der Waals surface area contributed by atoms with Crippen molar-refractivity contribution in [1.29, 1.82) is 0 Å². The molecule has 2 fully saturated rings. The predicted molar refractivity (Wildman–Crippen MR) is 76.8 cm³/mol. The van der Waals surface area contributed by atoms with E-state index in [1.54, 1.807) is 7.05 Å². The molecule has 0 saturated heterocycles. The molecule has 1 N–H and O–H groups in total. The summed E-state index contributed by atoms with van der Waals surface area (Å²) in [6, 6.07) is 0. The Morgan fingerprint density at radius 1 is 1.30 bits per heavy atom. The van der Waals surface area contributed by atoms with Crippen molar-refractivity contribution in [3.05, 3.63) is 0 Å². The van der Waals surface area contributed by atoms with Crippen LogP contribution >= 0.6 is 0 Å². The first kappa shape index (κ1) is 15.8.